The molecular weight excluding hydrogens is 276 g/mol. The first-order chi connectivity index (χ1) is 9.71. The standard InChI is InChI=1S/C14H16N2O3S/c1-18-8-10-4-3-5-11(6-10)15-14-16-12(9-20-14)7-13(17)19-2/h3-6,9H,7-8H2,1-2H3,(H,15,16). The van der Waals surface area contributed by atoms with Gasteiger partial charge in [-0.05, 0) is 17.7 Å². The number of hydrogen-bond donors (Lipinski definition) is 1. The van der Waals surface area contributed by atoms with Gasteiger partial charge in [0.05, 0.1) is 25.8 Å². The summed E-state index contributed by atoms with van der Waals surface area (Å²) in [6, 6.07) is 7.92. The van der Waals surface area contributed by atoms with Crippen molar-refractivity contribution in [2.45, 2.75) is 13.0 Å². The average molecular weight is 292 g/mol. The van der Waals surface area contributed by atoms with E-state index >= 15 is 0 Å². The second-order valence-electron chi connectivity index (χ2n) is 4.16. The molecule has 0 radical (unpaired) electrons. The molecule has 0 amide bonds. The Labute approximate surface area is 121 Å². The first-order valence-corrected chi connectivity index (χ1v) is 6.95. The third kappa shape index (κ3) is 4.04. The number of hydrogen-bond acceptors (Lipinski definition) is 6. The number of ether oxygens (including phenoxy) is 2. The van der Waals surface area contributed by atoms with Crippen molar-refractivity contribution >= 4 is 28.1 Å². The second-order valence-corrected chi connectivity index (χ2v) is 5.01. The highest BCUT2D eigenvalue weighted by atomic mass is 32.1. The van der Waals surface area contributed by atoms with E-state index in [2.05, 4.69) is 15.0 Å². The fourth-order valence-corrected chi connectivity index (χ4v) is 2.43. The summed E-state index contributed by atoms with van der Waals surface area (Å²) in [4.78, 5) is 15.5. The van der Waals surface area contributed by atoms with Crippen LogP contribution in [0.15, 0.2) is 29.6 Å². The fourth-order valence-electron chi connectivity index (χ4n) is 1.69. The number of benzene rings is 1. The molecule has 1 aromatic heterocycles. The Morgan fingerprint density at radius 2 is 2.25 bits per heavy atom. The predicted molar refractivity (Wildman–Crippen MR) is 78.3 cm³/mol. The number of carbonyl (C=O) groups excluding carboxylic acids is 1. The summed E-state index contributed by atoms with van der Waals surface area (Å²) in [5, 5.41) is 5.81. The summed E-state index contributed by atoms with van der Waals surface area (Å²) in [6.45, 7) is 0.570. The minimum atomic E-state index is -0.288. The van der Waals surface area contributed by atoms with E-state index in [-0.39, 0.29) is 12.4 Å². The minimum Gasteiger partial charge on any atom is -0.469 e. The number of aromatic nitrogens is 1. The third-order valence-electron chi connectivity index (χ3n) is 2.59. The Bertz CT molecular complexity index is 583. The van der Waals surface area contributed by atoms with E-state index in [1.165, 1.54) is 18.4 Å². The van der Waals surface area contributed by atoms with Gasteiger partial charge in [0.15, 0.2) is 5.13 Å². The van der Waals surface area contributed by atoms with Gasteiger partial charge >= 0.3 is 5.97 Å². The monoisotopic (exact) mass is 292 g/mol. The van der Waals surface area contributed by atoms with Gasteiger partial charge in [-0.15, -0.1) is 11.3 Å². The van der Waals surface area contributed by atoms with Crippen molar-refractivity contribution in [1.29, 1.82) is 0 Å². The molecule has 0 aliphatic rings. The molecule has 2 rings (SSSR count). The van der Waals surface area contributed by atoms with Crippen molar-refractivity contribution in [3.8, 4) is 0 Å². The van der Waals surface area contributed by atoms with Gasteiger partial charge in [0, 0.05) is 18.2 Å². The first kappa shape index (κ1) is 14.5. The average Bonchev–Trinajstić information content (AvgIpc) is 2.86. The maximum absolute atomic E-state index is 11.2. The van der Waals surface area contributed by atoms with E-state index in [0.717, 1.165) is 16.4 Å². The van der Waals surface area contributed by atoms with Crippen LogP contribution in [-0.2, 0) is 27.3 Å². The summed E-state index contributed by atoms with van der Waals surface area (Å²) in [7, 11) is 3.04. The van der Waals surface area contributed by atoms with Crippen LogP contribution in [-0.4, -0.2) is 25.2 Å². The number of anilines is 2. The highest BCUT2D eigenvalue weighted by molar-refractivity contribution is 7.13. The van der Waals surface area contributed by atoms with Crippen molar-refractivity contribution in [2.75, 3.05) is 19.5 Å². The van der Waals surface area contributed by atoms with Crippen LogP contribution in [0, 0.1) is 0 Å². The van der Waals surface area contributed by atoms with Gasteiger partial charge < -0.3 is 14.8 Å². The zero-order chi connectivity index (χ0) is 14.4. The largest absolute Gasteiger partial charge is 0.469 e. The zero-order valence-corrected chi connectivity index (χ0v) is 12.2. The molecule has 5 nitrogen and oxygen atoms in total. The van der Waals surface area contributed by atoms with Gasteiger partial charge in [0.25, 0.3) is 0 Å². The van der Waals surface area contributed by atoms with Gasteiger partial charge in [0.1, 0.15) is 0 Å². The molecule has 106 valence electrons. The van der Waals surface area contributed by atoms with E-state index < -0.39 is 0 Å². The highest BCUT2D eigenvalue weighted by Crippen LogP contribution is 2.22. The molecule has 2 aromatic rings. The lowest BCUT2D eigenvalue weighted by molar-refractivity contribution is -0.139. The lowest BCUT2D eigenvalue weighted by atomic mass is 10.2. The minimum absolute atomic E-state index is 0.193. The normalized spacial score (nSPS) is 10.3. The van der Waals surface area contributed by atoms with Crippen LogP contribution < -0.4 is 5.32 Å². The van der Waals surface area contributed by atoms with Crippen LogP contribution in [0.1, 0.15) is 11.3 Å². The van der Waals surface area contributed by atoms with E-state index in [9.17, 15) is 4.79 Å². The number of nitrogens with zero attached hydrogens (tertiary/aromatic N) is 1. The number of nitrogens with one attached hydrogen (secondary N) is 1. The number of carbonyl (C=O) groups is 1. The first-order valence-electron chi connectivity index (χ1n) is 6.07. The quantitative estimate of drug-likeness (QED) is 0.830. The van der Waals surface area contributed by atoms with Crippen molar-refractivity contribution in [3.63, 3.8) is 0 Å². The fraction of sp³-hybridized carbons (Fsp3) is 0.286. The summed E-state index contributed by atoms with van der Waals surface area (Å²) in [6.07, 6.45) is 0.193. The molecule has 0 unspecified atom stereocenters. The lowest BCUT2D eigenvalue weighted by Crippen LogP contribution is -2.04. The number of esters is 1. The summed E-state index contributed by atoms with van der Waals surface area (Å²) < 4.78 is 9.72. The SMILES string of the molecule is COCc1cccc(Nc2nc(CC(=O)OC)cs2)c1. The van der Waals surface area contributed by atoms with Crippen LogP contribution in [0.3, 0.4) is 0 Å². The van der Waals surface area contributed by atoms with E-state index in [4.69, 9.17) is 4.74 Å². The Balaban J connectivity index is 2.02. The molecule has 0 saturated carbocycles. The molecule has 0 spiro atoms. The third-order valence-corrected chi connectivity index (χ3v) is 3.40. The molecule has 1 heterocycles. The molecule has 0 fully saturated rings. The smallest absolute Gasteiger partial charge is 0.311 e. The molecule has 0 atom stereocenters. The van der Waals surface area contributed by atoms with E-state index in [1.54, 1.807) is 7.11 Å². The molecule has 0 bridgehead atoms. The molecule has 1 N–H and O–H groups in total. The second kappa shape index (κ2) is 7.02. The van der Waals surface area contributed by atoms with E-state index in [0.29, 0.717) is 12.3 Å². The summed E-state index contributed by atoms with van der Waals surface area (Å²) >= 11 is 1.45. The molecule has 20 heavy (non-hydrogen) atoms. The van der Waals surface area contributed by atoms with Gasteiger partial charge in [-0.3, -0.25) is 4.79 Å². The highest BCUT2D eigenvalue weighted by Gasteiger charge is 2.07. The van der Waals surface area contributed by atoms with Crippen LogP contribution in [0.25, 0.3) is 0 Å². The maximum Gasteiger partial charge on any atom is 0.311 e. The number of rotatable bonds is 6. The lowest BCUT2D eigenvalue weighted by Gasteiger charge is -2.05. The maximum atomic E-state index is 11.2. The van der Waals surface area contributed by atoms with Crippen molar-refractivity contribution < 1.29 is 14.3 Å². The summed E-state index contributed by atoms with van der Waals surface area (Å²) in [5.74, 6) is -0.288. The molecule has 1 aromatic carbocycles. The van der Waals surface area contributed by atoms with Gasteiger partial charge in [-0.2, -0.15) is 0 Å². The molecular formula is C14H16N2O3S. The van der Waals surface area contributed by atoms with Crippen LogP contribution >= 0.6 is 11.3 Å². The Hall–Kier alpha value is -1.92. The molecule has 0 aliphatic heterocycles. The van der Waals surface area contributed by atoms with Gasteiger partial charge in [-0.25, -0.2) is 4.98 Å². The van der Waals surface area contributed by atoms with Gasteiger partial charge in [-0.1, -0.05) is 12.1 Å². The van der Waals surface area contributed by atoms with Crippen LogP contribution in [0.2, 0.25) is 0 Å². The van der Waals surface area contributed by atoms with Crippen molar-refractivity contribution in [3.05, 3.63) is 40.9 Å². The number of thiazole rings is 1. The van der Waals surface area contributed by atoms with Crippen molar-refractivity contribution in [1.82, 2.24) is 4.98 Å². The number of methoxy groups -OCH3 is 2. The van der Waals surface area contributed by atoms with Crippen LogP contribution in [0.4, 0.5) is 10.8 Å². The van der Waals surface area contributed by atoms with Crippen molar-refractivity contribution in [2.24, 2.45) is 0 Å². The molecule has 0 aliphatic carbocycles. The zero-order valence-electron chi connectivity index (χ0n) is 11.4. The Morgan fingerprint density at radius 3 is 3.00 bits per heavy atom. The summed E-state index contributed by atoms with van der Waals surface area (Å²) in [5.41, 5.74) is 2.74. The molecule has 6 heteroatoms. The topological polar surface area (TPSA) is 60.5 Å². The van der Waals surface area contributed by atoms with E-state index in [1.807, 2.05) is 29.6 Å². The van der Waals surface area contributed by atoms with Crippen LogP contribution in [0.5, 0.6) is 0 Å². The predicted octanol–water partition coefficient (Wildman–Crippen LogP) is 2.75. The molecule has 0 saturated heterocycles. The Kier molecular flexibility index (Phi) is 5.09. The van der Waals surface area contributed by atoms with Gasteiger partial charge in [0.2, 0.25) is 0 Å². The Morgan fingerprint density at radius 1 is 1.40 bits per heavy atom.